The van der Waals surface area contributed by atoms with Crippen LogP contribution in [0.4, 0.5) is 11.4 Å². The molecule has 2 amide bonds. The van der Waals surface area contributed by atoms with E-state index in [0.717, 1.165) is 12.8 Å². The molecule has 0 aliphatic heterocycles. The van der Waals surface area contributed by atoms with E-state index in [1.54, 1.807) is 0 Å². The predicted molar refractivity (Wildman–Crippen MR) is 62.9 cm³/mol. The van der Waals surface area contributed by atoms with Crippen molar-refractivity contribution in [3.8, 4) is 0 Å². The molecule has 1 aromatic rings. The van der Waals surface area contributed by atoms with Gasteiger partial charge in [0.1, 0.15) is 0 Å². The summed E-state index contributed by atoms with van der Waals surface area (Å²) in [6.07, 6.45) is 1.80. The van der Waals surface area contributed by atoms with E-state index in [-0.39, 0.29) is 11.7 Å². The first-order valence-corrected chi connectivity index (χ1v) is 5.42. The number of nitrogens with one attached hydrogen (secondary N) is 2. The van der Waals surface area contributed by atoms with Gasteiger partial charge in [-0.2, -0.15) is 0 Å². The van der Waals surface area contributed by atoms with Crippen LogP contribution in [0.1, 0.15) is 12.8 Å². The van der Waals surface area contributed by atoms with Crippen LogP contribution < -0.4 is 10.6 Å². The lowest BCUT2D eigenvalue weighted by molar-refractivity contribution is -0.384. The van der Waals surface area contributed by atoms with Gasteiger partial charge in [0.05, 0.1) is 4.92 Å². The molecular formula is C11H11N3O4. The minimum Gasteiger partial charge on any atom is -0.345 e. The summed E-state index contributed by atoms with van der Waals surface area (Å²) in [5, 5.41) is 15.3. The van der Waals surface area contributed by atoms with Crippen LogP contribution in [0.15, 0.2) is 24.3 Å². The van der Waals surface area contributed by atoms with E-state index in [1.807, 2.05) is 0 Å². The third-order valence-corrected chi connectivity index (χ3v) is 2.45. The summed E-state index contributed by atoms with van der Waals surface area (Å²) in [6, 6.07) is 5.38. The molecule has 0 bridgehead atoms. The molecule has 0 atom stereocenters. The number of amides is 2. The highest BCUT2D eigenvalue weighted by Crippen LogP contribution is 2.18. The van der Waals surface area contributed by atoms with Crippen LogP contribution in [-0.2, 0) is 9.59 Å². The molecule has 0 saturated heterocycles. The summed E-state index contributed by atoms with van der Waals surface area (Å²) in [5.41, 5.74) is 0.270. The molecular weight excluding hydrogens is 238 g/mol. The zero-order valence-corrected chi connectivity index (χ0v) is 9.38. The van der Waals surface area contributed by atoms with Crippen molar-refractivity contribution in [2.45, 2.75) is 18.9 Å². The highest BCUT2D eigenvalue weighted by molar-refractivity contribution is 6.39. The van der Waals surface area contributed by atoms with E-state index in [4.69, 9.17) is 0 Å². The molecule has 7 heteroatoms. The van der Waals surface area contributed by atoms with Crippen molar-refractivity contribution >= 4 is 23.2 Å². The highest BCUT2D eigenvalue weighted by Gasteiger charge is 2.26. The van der Waals surface area contributed by atoms with Gasteiger partial charge in [0, 0.05) is 23.9 Å². The van der Waals surface area contributed by atoms with Crippen LogP contribution in [0.3, 0.4) is 0 Å². The molecule has 1 aromatic carbocycles. The molecule has 0 radical (unpaired) electrons. The van der Waals surface area contributed by atoms with E-state index in [0.29, 0.717) is 5.69 Å². The van der Waals surface area contributed by atoms with Gasteiger partial charge in [-0.05, 0) is 25.0 Å². The van der Waals surface area contributed by atoms with Gasteiger partial charge < -0.3 is 10.6 Å². The lowest BCUT2D eigenvalue weighted by Crippen LogP contribution is -2.36. The van der Waals surface area contributed by atoms with Crippen LogP contribution in [0.25, 0.3) is 0 Å². The minimum atomic E-state index is -0.768. The first kappa shape index (κ1) is 12.0. The largest absolute Gasteiger partial charge is 0.345 e. The molecule has 1 saturated carbocycles. The Hall–Kier alpha value is -2.44. The molecule has 18 heavy (non-hydrogen) atoms. The van der Waals surface area contributed by atoms with E-state index in [1.165, 1.54) is 24.3 Å². The maximum atomic E-state index is 11.4. The number of nitrogens with zero attached hydrogens (tertiary/aromatic N) is 1. The first-order chi connectivity index (χ1) is 8.56. The smallest absolute Gasteiger partial charge is 0.313 e. The molecule has 94 valence electrons. The van der Waals surface area contributed by atoms with Gasteiger partial charge in [0.25, 0.3) is 5.69 Å². The van der Waals surface area contributed by atoms with E-state index in [2.05, 4.69) is 10.6 Å². The third kappa shape index (κ3) is 3.03. The van der Waals surface area contributed by atoms with Crippen molar-refractivity contribution in [3.05, 3.63) is 34.4 Å². The summed E-state index contributed by atoms with van der Waals surface area (Å²) in [6.45, 7) is 0. The number of benzene rings is 1. The maximum absolute atomic E-state index is 11.4. The second-order valence-corrected chi connectivity index (χ2v) is 4.01. The molecule has 1 fully saturated rings. The Labute approximate surface area is 102 Å². The first-order valence-electron chi connectivity index (χ1n) is 5.42. The van der Waals surface area contributed by atoms with Crippen molar-refractivity contribution < 1.29 is 14.5 Å². The van der Waals surface area contributed by atoms with Crippen LogP contribution in [0.2, 0.25) is 0 Å². The van der Waals surface area contributed by atoms with E-state index in [9.17, 15) is 19.7 Å². The fourth-order valence-electron chi connectivity index (χ4n) is 1.33. The van der Waals surface area contributed by atoms with E-state index < -0.39 is 16.7 Å². The fraction of sp³-hybridized carbons (Fsp3) is 0.273. The molecule has 0 heterocycles. The summed E-state index contributed by atoms with van der Waals surface area (Å²) < 4.78 is 0. The zero-order chi connectivity index (χ0) is 13.1. The number of carbonyl (C=O) groups is 2. The molecule has 0 spiro atoms. The minimum absolute atomic E-state index is 0.0737. The van der Waals surface area contributed by atoms with Crippen LogP contribution >= 0.6 is 0 Å². The lowest BCUT2D eigenvalue weighted by atomic mass is 10.3. The summed E-state index contributed by atoms with van der Waals surface area (Å²) >= 11 is 0. The summed E-state index contributed by atoms with van der Waals surface area (Å²) in [4.78, 5) is 32.7. The summed E-state index contributed by atoms with van der Waals surface area (Å²) in [7, 11) is 0. The van der Waals surface area contributed by atoms with Gasteiger partial charge in [0.2, 0.25) is 0 Å². The number of nitro benzene ring substituents is 1. The SMILES string of the molecule is O=C(Nc1ccc([N+](=O)[O-])cc1)C(=O)NC1CC1. The molecule has 2 rings (SSSR count). The Kier molecular flexibility index (Phi) is 3.22. The maximum Gasteiger partial charge on any atom is 0.313 e. The van der Waals surface area contributed by atoms with Crippen molar-refractivity contribution in [3.63, 3.8) is 0 Å². The van der Waals surface area contributed by atoms with E-state index >= 15 is 0 Å². The van der Waals surface area contributed by atoms with Gasteiger partial charge in [0.15, 0.2) is 0 Å². The Morgan fingerprint density at radius 1 is 1.17 bits per heavy atom. The zero-order valence-electron chi connectivity index (χ0n) is 9.38. The lowest BCUT2D eigenvalue weighted by Gasteiger charge is -2.05. The number of carbonyl (C=O) groups excluding carboxylic acids is 2. The van der Waals surface area contributed by atoms with Crippen molar-refractivity contribution in [2.24, 2.45) is 0 Å². The highest BCUT2D eigenvalue weighted by atomic mass is 16.6. The monoisotopic (exact) mass is 249 g/mol. The van der Waals surface area contributed by atoms with Gasteiger partial charge in [-0.1, -0.05) is 0 Å². The second-order valence-electron chi connectivity index (χ2n) is 4.01. The second kappa shape index (κ2) is 4.82. The Balaban J connectivity index is 1.93. The van der Waals surface area contributed by atoms with Gasteiger partial charge >= 0.3 is 11.8 Å². The van der Waals surface area contributed by atoms with Crippen LogP contribution in [-0.4, -0.2) is 22.8 Å². The van der Waals surface area contributed by atoms with Crippen LogP contribution in [0, 0.1) is 10.1 Å². The average Bonchev–Trinajstić information content (AvgIpc) is 3.13. The fourth-order valence-corrected chi connectivity index (χ4v) is 1.33. The number of non-ortho nitro benzene ring substituents is 1. The standard InChI is InChI=1S/C11H11N3O4/c15-10(12-7-1-2-7)11(16)13-8-3-5-9(6-4-8)14(17)18/h3-7H,1-2H2,(H,12,15)(H,13,16). The number of hydrogen-bond acceptors (Lipinski definition) is 4. The quantitative estimate of drug-likeness (QED) is 0.470. The molecule has 1 aliphatic carbocycles. The molecule has 1 aliphatic rings. The average molecular weight is 249 g/mol. The normalized spacial score (nSPS) is 13.8. The van der Waals surface area contributed by atoms with Crippen molar-refractivity contribution in [1.29, 1.82) is 0 Å². The Morgan fingerprint density at radius 2 is 1.78 bits per heavy atom. The third-order valence-electron chi connectivity index (χ3n) is 2.45. The molecule has 2 N–H and O–H groups in total. The van der Waals surface area contributed by atoms with Crippen LogP contribution in [0.5, 0.6) is 0 Å². The van der Waals surface area contributed by atoms with Gasteiger partial charge in [-0.25, -0.2) is 0 Å². The van der Waals surface area contributed by atoms with Crippen molar-refractivity contribution in [2.75, 3.05) is 5.32 Å². The number of anilines is 1. The van der Waals surface area contributed by atoms with Gasteiger partial charge in [-0.3, -0.25) is 19.7 Å². The number of nitro groups is 1. The van der Waals surface area contributed by atoms with Crippen molar-refractivity contribution in [1.82, 2.24) is 5.32 Å². The Bertz CT molecular complexity index is 494. The molecule has 7 nitrogen and oxygen atoms in total. The topological polar surface area (TPSA) is 101 Å². The molecule has 0 unspecified atom stereocenters. The Morgan fingerprint density at radius 3 is 2.28 bits per heavy atom. The number of hydrogen-bond donors (Lipinski definition) is 2. The molecule has 0 aromatic heterocycles. The van der Waals surface area contributed by atoms with Gasteiger partial charge in [-0.15, -0.1) is 0 Å². The summed E-state index contributed by atoms with van der Waals surface area (Å²) in [5.74, 6) is -1.45. The number of rotatable bonds is 3. The predicted octanol–water partition coefficient (Wildman–Crippen LogP) is 0.812.